The van der Waals surface area contributed by atoms with Crippen molar-refractivity contribution in [3.05, 3.63) is 52.6 Å². The van der Waals surface area contributed by atoms with E-state index in [0.717, 1.165) is 11.8 Å². The number of anilines is 1. The fourth-order valence-corrected chi connectivity index (χ4v) is 5.12. The molecular weight excluding hydrogens is 452 g/mol. The molecule has 1 aromatic carbocycles. The number of pyridine rings is 1. The predicted octanol–water partition coefficient (Wildman–Crippen LogP) is 3.16. The molecule has 9 nitrogen and oxygen atoms in total. The Hall–Kier alpha value is -3.76. The maximum Gasteiger partial charge on any atom is 0.405 e. The van der Waals surface area contributed by atoms with E-state index in [-0.39, 0.29) is 5.56 Å². The van der Waals surface area contributed by atoms with Gasteiger partial charge < -0.3 is 21.1 Å². The summed E-state index contributed by atoms with van der Waals surface area (Å²) in [7, 11) is 0. The lowest BCUT2D eigenvalue weighted by molar-refractivity contribution is -0.117. The van der Waals surface area contributed by atoms with Gasteiger partial charge >= 0.3 is 6.09 Å². The molecule has 2 heterocycles. The van der Waals surface area contributed by atoms with E-state index in [4.69, 9.17) is 21.2 Å². The van der Waals surface area contributed by atoms with Gasteiger partial charge in [0.1, 0.15) is 33.8 Å². The van der Waals surface area contributed by atoms with Gasteiger partial charge in [-0.1, -0.05) is 49.0 Å². The van der Waals surface area contributed by atoms with E-state index < -0.39 is 22.9 Å². The summed E-state index contributed by atoms with van der Waals surface area (Å²) in [6.07, 6.45) is 0.619. The molecule has 0 radical (unpaired) electrons. The smallest absolute Gasteiger partial charge is 0.405 e. The standard InChI is InChI=1S/C24H26N6O3S/c1-3-16-17(13-25)21(30-11-9-24(2,10-12-30)33-23(28)32)29-22(18(16)14-26)34-19(20(27)31)15-7-5-4-6-8-15/h4-8,19H,3,9-12H2,1-2H3,(H2,27,31)(H2,28,32). The van der Waals surface area contributed by atoms with E-state index in [0.29, 0.717) is 59.9 Å². The van der Waals surface area contributed by atoms with E-state index in [9.17, 15) is 20.1 Å². The Kier molecular flexibility index (Phi) is 7.64. The van der Waals surface area contributed by atoms with Crippen molar-refractivity contribution in [2.45, 2.75) is 49.0 Å². The second kappa shape index (κ2) is 10.4. The third-order valence-electron chi connectivity index (χ3n) is 5.88. The van der Waals surface area contributed by atoms with Crippen molar-refractivity contribution in [2.75, 3.05) is 18.0 Å². The van der Waals surface area contributed by atoms with E-state index in [2.05, 4.69) is 12.1 Å². The summed E-state index contributed by atoms with van der Waals surface area (Å²) in [6.45, 7) is 4.64. The van der Waals surface area contributed by atoms with Crippen LogP contribution in [0, 0.1) is 22.7 Å². The lowest BCUT2D eigenvalue weighted by Gasteiger charge is -2.39. The fourth-order valence-electron chi connectivity index (χ4n) is 4.06. The first-order valence-electron chi connectivity index (χ1n) is 10.8. The number of hydrogen-bond acceptors (Lipinski definition) is 8. The Morgan fingerprint density at radius 1 is 1.18 bits per heavy atom. The summed E-state index contributed by atoms with van der Waals surface area (Å²) in [5.74, 6) is -0.110. The second-order valence-corrected chi connectivity index (χ2v) is 9.31. The van der Waals surface area contributed by atoms with E-state index in [1.807, 2.05) is 36.9 Å². The number of primary amides is 2. The van der Waals surface area contributed by atoms with Gasteiger partial charge in [0.2, 0.25) is 5.91 Å². The number of ether oxygens (including phenoxy) is 1. The molecule has 176 valence electrons. The minimum atomic E-state index is -0.824. The molecule has 1 saturated heterocycles. The van der Waals surface area contributed by atoms with Crippen LogP contribution in [0.5, 0.6) is 0 Å². The van der Waals surface area contributed by atoms with Crippen LogP contribution in [0.4, 0.5) is 10.6 Å². The lowest BCUT2D eigenvalue weighted by atomic mass is 9.92. The number of aromatic nitrogens is 1. The van der Waals surface area contributed by atoms with E-state index in [1.54, 1.807) is 12.1 Å². The van der Waals surface area contributed by atoms with Crippen LogP contribution < -0.4 is 16.4 Å². The van der Waals surface area contributed by atoms with Crippen molar-refractivity contribution in [2.24, 2.45) is 11.5 Å². The summed E-state index contributed by atoms with van der Waals surface area (Å²) in [4.78, 5) is 30.2. The molecule has 0 bridgehead atoms. The van der Waals surface area contributed by atoms with E-state index >= 15 is 0 Å². The molecule has 34 heavy (non-hydrogen) atoms. The molecule has 1 fully saturated rings. The predicted molar refractivity (Wildman–Crippen MR) is 128 cm³/mol. The van der Waals surface area contributed by atoms with Gasteiger partial charge in [0.05, 0.1) is 11.1 Å². The number of carbonyl (C=O) groups excluding carboxylic acids is 2. The molecule has 0 spiro atoms. The third-order valence-corrected chi connectivity index (χ3v) is 7.14. The monoisotopic (exact) mass is 478 g/mol. The summed E-state index contributed by atoms with van der Waals surface area (Å²) < 4.78 is 5.28. The average Bonchev–Trinajstić information content (AvgIpc) is 2.81. The van der Waals surface area contributed by atoms with Crippen molar-refractivity contribution >= 4 is 29.6 Å². The van der Waals surface area contributed by atoms with Crippen LogP contribution in [0.1, 0.15) is 54.2 Å². The number of piperidine rings is 1. The number of nitriles is 2. The van der Waals surface area contributed by atoms with Crippen LogP contribution in [0.2, 0.25) is 0 Å². The maximum absolute atomic E-state index is 12.3. The van der Waals surface area contributed by atoms with Crippen LogP contribution >= 0.6 is 11.8 Å². The van der Waals surface area contributed by atoms with E-state index in [1.165, 1.54) is 0 Å². The van der Waals surface area contributed by atoms with Gasteiger partial charge in [0.25, 0.3) is 0 Å². The summed E-state index contributed by atoms with van der Waals surface area (Å²) in [5.41, 5.74) is 12.1. The van der Waals surface area contributed by atoms with Crippen molar-refractivity contribution in [1.82, 2.24) is 4.98 Å². The van der Waals surface area contributed by atoms with Crippen LogP contribution in [0.15, 0.2) is 35.4 Å². The molecule has 1 aromatic heterocycles. The molecule has 1 aliphatic heterocycles. The zero-order chi connectivity index (χ0) is 24.9. The highest BCUT2D eigenvalue weighted by molar-refractivity contribution is 8.00. The number of rotatable bonds is 7. The Morgan fingerprint density at radius 3 is 2.29 bits per heavy atom. The van der Waals surface area contributed by atoms with Crippen molar-refractivity contribution in [3.63, 3.8) is 0 Å². The van der Waals surface area contributed by atoms with Crippen LogP contribution in [0.3, 0.4) is 0 Å². The molecule has 2 amide bonds. The molecule has 1 atom stereocenters. The Labute approximate surface area is 202 Å². The number of hydrogen-bond donors (Lipinski definition) is 2. The zero-order valence-electron chi connectivity index (χ0n) is 19.1. The van der Waals surface area contributed by atoms with Gasteiger partial charge in [-0.05, 0) is 24.5 Å². The number of carbonyl (C=O) groups is 2. The van der Waals surface area contributed by atoms with Gasteiger partial charge in [0.15, 0.2) is 0 Å². The lowest BCUT2D eigenvalue weighted by Crippen LogP contribution is -2.46. The molecule has 1 unspecified atom stereocenters. The SMILES string of the molecule is CCc1c(C#N)c(SC(C(N)=O)c2ccccc2)nc(N2CCC(C)(OC(N)=O)CC2)c1C#N. The first-order chi connectivity index (χ1) is 16.2. The highest BCUT2D eigenvalue weighted by Gasteiger charge is 2.35. The number of nitrogens with zero attached hydrogens (tertiary/aromatic N) is 4. The Morgan fingerprint density at radius 2 is 1.79 bits per heavy atom. The number of benzene rings is 1. The van der Waals surface area contributed by atoms with Crippen LogP contribution in [-0.4, -0.2) is 35.7 Å². The number of nitrogens with two attached hydrogens (primary N) is 2. The Balaban J connectivity index is 2.04. The maximum atomic E-state index is 12.3. The molecule has 4 N–H and O–H groups in total. The summed E-state index contributed by atoms with van der Waals surface area (Å²) in [6, 6.07) is 13.4. The normalized spacial score (nSPS) is 15.6. The largest absolute Gasteiger partial charge is 0.443 e. The topological polar surface area (TPSA) is 159 Å². The summed E-state index contributed by atoms with van der Waals surface area (Å²) >= 11 is 1.11. The number of thioether (sulfide) groups is 1. The minimum Gasteiger partial charge on any atom is -0.443 e. The van der Waals surface area contributed by atoms with Crippen molar-refractivity contribution in [3.8, 4) is 12.1 Å². The van der Waals surface area contributed by atoms with Crippen LogP contribution in [-0.2, 0) is 16.0 Å². The first kappa shape index (κ1) is 24.9. The molecule has 0 saturated carbocycles. The molecule has 1 aliphatic rings. The van der Waals surface area contributed by atoms with Crippen molar-refractivity contribution < 1.29 is 14.3 Å². The minimum absolute atomic E-state index is 0.272. The quantitative estimate of drug-likeness (QED) is 0.574. The molecule has 10 heteroatoms. The first-order valence-corrected chi connectivity index (χ1v) is 11.7. The van der Waals surface area contributed by atoms with Gasteiger partial charge in [-0.25, -0.2) is 9.78 Å². The highest BCUT2D eigenvalue weighted by Crippen LogP contribution is 2.40. The van der Waals surface area contributed by atoms with Crippen molar-refractivity contribution in [1.29, 1.82) is 10.5 Å². The zero-order valence-corrected chi connectivity index (χ0v) is 19.9. The Bertz CT molecular complexity index is 1160. The average molecular weight is 479 g/mol. The van der Waals surface area contributed by atoms with Gasteiger partial charge in [-0.3, -0.25) is 4.79 Å². The second-order valence-electron chi connectivity index (χ2n) is 8.22. The molecule has 2 aromatic rings. The fraction of sp³-hybridized carbons (Fsp3) is 0.375. The van der Waals surface area contributed by atoms with Gasteiger partial charge in [-0.15, -0.1) is 0 Å². The number of amides is 2. The third kappa shape index (κ3) is 5.24. The molecule has 0 aliphatic carbocycles. The van der Waals surface area contributed by atoms with Crippen LogP contribution in [0.25, 0.3) is 0 Å². The van der Waals surface area contributed by atoms with Gasteiger partial charge in [-0.2, -0.15) is 10.5 Å². The molecular formula is C24H26N6O3S. The molecule has 3 rings (SSSR count). The summed E-state index contributed by atoms with van der Waals surface area (Å²) in [5, 5.41) is 19.5. The van der Waals surface area contributed by atoms with Gasteiger partial charge in [0, 0.05) is 25.9 Å². The highest BCUT2D eigenvalue weighted by atomic mass is 32.2.